The number of nitrogens with two attached hydrogens (primary N) is 1. The van der Waals surface area contributed by atoms with Crippen molar-refractivity contribution in [2.45, 2.75) is 32.7 Å². The second-order valence-electron chi connectivity index (χ2n) is 4.21. The Balaban J connectivity index is 2.52. The first-order chi connectivity index (χ1) is 7.56. The fourth-order valence-electron chi connectivity index (χ4n) is 1.99. The summed E-state index contributed by atoms with van der Waals surface area (Å²) in [5.74, 6) is -0.735. The van der Waals surface area contributed by atoms with Crippen molar-refractivity contribution in [2.75, 3.05) is 19.7 Å². The summed E-state index contributed by atoms with van der Waals surface area (Å²) < 4.78 is 5.00. The van der Waals surface area contributed by atoms with Crippen LogP contribution in [-0.2, 0) is 14.3 Å². The SMILES string of the molecule is CCOC(=O)C1CCCN1CC(C)C(N)=O. The zero-order valence-corrected chi connectivity index (χ0v) is 9.94. The van der Waals surface area contributed by atoms with Crippen LogP contribution >= 0.6 is 0 Å². The number of hydrogen-bond donors (Lipinski definition) is 1. The molecule has 1 aliphatic heterocycles. The molecule has 0 saturated carbocycles. The van der Waals surface area contributed by atoms with E-state index in [4.69, 9.17) is 10.5 Å². The molecule has 0 bridgehead atoms. The van der Waals surface area contributed by atoms with E-state index in [1.165, 1.54) is 0 Å². The summed E-state index contributed by atoms with van der Waals surface area (Å²) in [6.07, 6.45) is 1.78. The van der Waals surface area contributed by atoms with Crippen LogP contribution in [0.5, 0.6) is 0 Å². The molecule has 2 atom stereocenters. The highest BCUT2D eigenvalue weighted by molar-refractivity contribution is 5.77. The lowest BCUT2D eigenvalue weighted by molar-refractivity contribution is -0.149. The molecule has 1 aliphatic rings. The number of hydrogen-bond acceptors (Lipinski definition) is 4. The average Bonchev–Trinajstić information content (AvgIpc) is 2.66. The number of carbonyl (C=O) groups excluding carboxylic acids is 2. The first kappa shape index (κ1) is 13.0. The number of esters is 1. The predicted octanol–water partition coefficient (Wildman–Crippen LogP) is 0.135. The number of primary amides is 1. The Morgan fingerprint density at radius 3 is 2.81 bits per heavy atom. The van der Waals surface area contributed by atoms with E-state index >= 15 is 0 Å². The van der Waals surface area contributed by atoms with E-state index in [1.54, 1.807) is 13.8 Å². The van der Waals surface area contributed by atoms with Crippen LogP contribution in [0.15, 0.2) is 0 Å². The Hall–Kier alpha value is -1.10. The van der Waals surface area contributed by atoms with E-state index in [0.717, 1.165) is 19.4 Å². The second-order valence-corrected chi connectivity index (χ2v) is 4.21. The third-order valence-electron chi connectivity index (χ3n) is 2.92. The minimum atomic E-state index is -0.325. The van der Waals surface area contributed by atoms with Crippen molar-refractivity contribution in [1.82, 2.24) is 4.90 Å². The van der Waals surface area contributed by atoms with Crippen LogP contribution in [0.3, 0.4) is 0 Å². The van der Waals surface area contributed by atoms with E-state index in [1.807, 2.05) is 4.90 Å². The minimum absolute atomic E-state index is 0.184. The molecule has 1 fully saturated rings. The Kier molecular flexibility index (Phi) is 4.73. The van der Waals surface area contributed by atoms with E-state index in [9.17, 15) is 9.59 Å². The Bertz CT molecular complexity index is 268. The molecule has 0 spiro atoms. The lowest BCUT2D eigenvalue weighted by atomic mass is 10.1. The normalized spacial score (nSPS) is 23.0. The zero-order valence-electron chi connectivity index (χ0n) is 9.94. The lowest BCUT2D eigenvalue weighted by Gasteiger charge is -2.24. The Labute approximate surface area is 95.9 Å². The van der Waals surface area contributed by atoms with Crippen molar-refractivity contribution in [1.29, 1.82) is 0 Å². The van der Waals surface area contributed by atoms with E-state index in [0.29, 0.717) is 13.2 Å². The van der Waals surface area contributed by atoms with Gasteiger partial charge in [-0.05, 0) is 26.3 Å². The van der Waals surface area contributed by atoms with Crippen LogP contribution < -0.4 is 5.73 Å². The summed E-state index contributed by atoms with van der Waals surface area (Å²) in [7, 11) is 0. The molecule has 92 valence electrons. The number of ether oxygens (including phenoxy) is 1. The van der Waals surface area contributed by atoms with Gasteiger partial charge < -0.3 is 10.5 Å². The molecular weight excluding hydrogens is 208 g/mol. The molecule has 2 N–H and O–H groups in total. The topological polar surface area (TPSA) is 72.6 Å². The molecule has 1 saturated heterocycles. The maximum atomic E-state index is 11.6. The van der Waals surface area contributed by atoms with Gasteiger partial charge in [0.2, 0.25) is 5.91 Å². The third-order valence-corrected chi connectivity index (χ3v) is 2.92. The summed E-state index contributed by atoms with van der Waals surface area (Å²) in [4.78, 5) is 24.6. The molecule has 0 aromatic carbocycles. The average molecular weight is 228 g/mol. The van der Waals surface area contributed by atoms with E-state index < -0.39 is 0 Å². The molecule has 5 heteroatoms. The van der Waals surface area contributed by atoms with Crippen molar-refractivity contribution < 1.29 is 14.3 Å². The van der Waals surface area contributed by atoms with Crippen LogP contribution in [0.25, 0.3) is 0 Å². The van der Waals surface area contributed by atoms with Gasteiger partial charge in [0.05, 0.1) is 6.61 Å². The maximum Gasteiger partial charge on any atom is 0.323 e. The fourth-order valence-corrected chi connectivity index (χ4v) is 1.99. The van der Waals surface area contributed by atoms with Crippen molar-refractivity contribution in [3.05, 3.63) is 0 Å². The number of amides is 1. The number of nitrogens with zero attached hydrogens (tertiary/aromatic N) is 1. The summed E-state index contributed by atoms with van der Waals surface area (Å²) >= 11 is 0. The van der Waals surface area contributed by atoms with Crippen molar-refractivity contribution in [2.24, 2.45) is 11.7 Å². The Morgan fingerprint density at radius 2 is 2.25 bits per heavy atom. The molecule has 0 radical (unpaired) electrons. The fraction of sp³-hybridized carbons (Fsp3) is 0.818. The quantitative estimate of drug-likeness (QED) is 0.679. The van der Waals surface area contributed by atoms with Crippen LogP contribution in [0, 0.1) is 5.92 Å². The highest BCUT2D eigenvalue weighted by atomic mass is 16.5. The molecule has 16 heavy (non-hydrogen) atoms. The maximum absolute atomic E-state index is 11.6. The molecule has 0 aliphatic carbocycles. The van der Waals surface area contributed by atoms with Gasteiger partial charge in [-0.1, -0.05) is 6.92 Å². The van der Waals surface area contributed by atoms with E-state index in [-0.39, 0.29) is 23.8 Å². The molecule has 0 aromatic heterocycles. The minimum Gasteiger partial charge on any atom is -0.465 e. The van der Waals surface area contributed by atoms with Crippen molar-refractivity contribution >= 4 is 11.9 Å². The number of likely N-dealkylation sites (tertiary alicyclic amines) is 1. The van der Waals surface area contributed by atoms with Gasteiger partial charge in [-0.3, -0.25) is 14.5 Å². The number of carbonyl (C=O) groups is 2. The molecule has 0 aromatic rings. The molecule has 1 rings (SSSR count). The van der Waals surface area contributed by atoms with Gasteiger partial charge >= 0.3 is 5.97 Å². The zero-order chi connectivity index (χ0) is 12.1. The van der Waals surface area contributed by atoms with Crippen LogP contribution in [0.1, 0.15) is 26.7 Å². The Morgan fingerprint density at radius 1 is 1.56 bits per heavy atom. The number of rotatable bonds is 5. The van der Waals surface area contributed by atoms with Crippen molar-refractivity contribution in [3.63, 3.8) is 0 Å². The summed E-state index contributed by atoms with van der Waals surface area (Å²) in [5, 5.41) is 0. The molecular formula is C11H20N2O3. The van der Waals surface area contributed by atoms with Crippen LogP contribution in [0.4, 0.5) is 0 Å². The van der Waals surface area contributed by atoms with Gasteiger partial charge in [0.1, 0.15) is 6.04 Å². The van der Waals surface area contributed by atoms with E-state index in [2.05, 4.69) is 0 Å². The van der Waals surface area contributed by atoms with Gasteiger partial charge in [0.15, 0.2) is 0 Å². The summed E-state index contributed by atoms with van der Waals surface area (Å²) in [6.45, 7) is 5.35. The smallest absolute Gasteiger partial charge is 0.323 e. The first-order valence-corrected chi connectivity index (χ1v) is 5.76. The standard InChI is InChI=1S/C11H20N2O3/c1-3-16-11(15)9-5-4-6-13(9)7-8(2)10(12)14/h8-9H,3-7H2,1-2H3,(H2,12,14). The van der Waals surface area contributed by atoms with Crippen LogP contribution in [-0.4, -0.2) is 42.5 Å². The van der Waals surface area contributed by atoms with Crippen molar-refractivity contribution in [3.8, 4) is 0 Å². The van der Waals surface area contributed by atoms with Crippen LogP contribution in [0.2, 0.25) is 0 Å². The largest absolute Gasteiger partial charge is 0.465 e. The monoisotopic (exact) mass is 228 g/mol. The van der Waals surface area contributed by atoms with Gasteiger partial charge in [-0.2, -0.15) is 0 Å². The van der Waals surface area contributed by atoms with Gasteiger partial charge in [0.25, 0.3) is 0 Å². The lowest BCUT2D eigenvalue weighted by Crippen LogP contribution is -2.42. The summed E-state index contributed by atoms with van der Waals surface area (Å²) in [6, 6.07) is -0.193. The molecule has 5 nitrogen and oxygen atoms in total. The highest BCUT2D eigenvalue weighted by Crippen LogP contribution is 2.19. The van der Waals surface area contributed by atoms with Gasteiger partial charge in [-0.25, -0.2) is 0 Å². The molecule has 1 amide bonds. The predicted molar refractivity (Wildman–Crippen MR) is 59.6 cm³/mol. The molecule has 1 heterocycles. The molecule has 2 unspecified atom stereocenters. The first-order valence-electron chi connectivity index (χ1n) is 5.76. The third kappa shape index (κ3) is 3.20. The van der Waals surface area contributed by atoms with Gasteiger partial charge in [-0.15, -0.1) is 0 Å². The summed E-state index contributed by atoms with van der Waals surface area (Å²) in [5.41, 5.74) is 5.21. The highest BCUT2D eigenvalue weighted by Gasteiger charge is 2.33. The second kappa shape index (κ2) is 5.84. The van der Waals surface area contributed by atoms with Gasteiger partial charge in [0, 0.05) is 12.5 Å².